The largest absolute Gasteiger partial charge is 0.497 e. The predicted octanol–water partition coefficient (Wildman–Crippen LogP) is 1.31. The Balaban J connectivity index is 0.000000228. The molecule has 1 aliphatic heterocycles. The summed E-state index contributed by atoms with van der Waals surface area (Å²) in [5.41, 5.74) is 3.06. The van der Waals surface area contributed by atoms with E-state index in [0.717, 1.165) is 31.7 Å². The SMILES string of the molecule is COc1ccc2c(c1)CCNCC2.O=c1cc1. The predicted molar refractivity (Wildman–Crippen MR) is 68.4 cm³/mol. The van der Waals surface area contributed by atoms with Gasteiger partial charge in [-0.05, 0) is 61.3 Å². The van der Waals surface area contributed by atoms with E-state index >= 15 is 0 Å². The van der Waals surface area contributed by atoms with Gasteiger partial charge in [0.2, 0.25) is 0 Å². The number of methoxy groups -OCH3 is 1. The fraction of sp³-hybridized carbons (Fsp3) is 0.357. The zero-order valence-corrected chi connectivity index (χ0v) is 10.0. The van der Waals surface area contributed by atoms with Gasteiger partial charge in [-0.15, -0.1) is 0 Å². The smallest absolute Gasteiger partial charge is 0.178 e. The van der Waals surface area contributed by atoms with Crippen LogP contribution in [-0.4, -0.2) is 20.2 Å². The van der Waals surface area contributed by atoms with E-state index in [1.807, 2.05) is 6.07 Å². The van der Waals surface area contributed by atoms with Crippen LogP contribution in [0.4, 0.5) is 0 Å². The van der Waals surface area contributed by atoms with Crippen molar-refractivity contribution < 1.29 is 4.74 Å². The van der Waals surface area contributed by atoms with Crippen molar-refractivity contribution >= 4 is 0 Å². The van der Waals surface area contributed by atoms with Crippen LogP contribution in [0, 0.1) is 0 Å². The summed E-state index contributed by atoms with van der Waals surface area (Å²) in [4.78, 5) is 9.44. The fourth-order valence-electron chi connectivity index (χ4n) is 1.81. The number of hydrogen-bond acceptors (Lipinski definition) is 3. The van der Waals surface area contributed by atoms with E-state index in [1.54, 1.807) is 7.11 Å². The highest BCUT2D eigenvalue weighted by molar-refractivity contribution is 5.36. The Bertz CT molecular complexity index is 472. The zero-order valence-electron chi connectivity index (χ0n) is 10.0. The van der Waals surface area contributed by atoms with Gasteiger partial charge < -0.3 is 10.1 Å². The van der Waals surface area contributed by atoms with E-state index in [0.29, 0.717) is 0 Å². The number of ether oxygens (including phenoxy) is 1. The topological polar surface area (TPSA) is 38.3 Å². The molecular weight excluding hydrogens is 214 g/mol. The van der Waals surface area contributed by atoms with E-state index in [2.05, 4.69) is 17.4 Å². The number of benzene rings is 1. The lowest BCUT2D eigenvalue weighted by Crippen LogP contribution is -2.16. The minimum absolute atomic E-state index is 0.167. The molecule has 3 rings (SSSR count). The van der Waals surface area contributed by atoms with Crippen LogP contribution >= 0.6 is 0 Å². The number of hydrogen-bond donors (Lipinski definition) is 1. The molecule has 1 heterocycles. The minimum Gasteiger partial charge on any atom is -0.497 e. The van der Waals surface area contributed by atoms with Crippen molar-refractivity contribution in [2.75, 3.05) is 20.2 Å². The fourth-order valence-corrected chi connectivity index (χ4v) is 1.81. The molecule has 17 heavy (non-hydrogen) atoms. The Kier molecular flexibility index (Phi) is 3.94. The lowest BCUT2D eigenvalue weighted by molar-refractivity contribution is 0.414. The molecule has 0 aromatic heterocycles. The first kappa shape index (κ1) is 11.9. The first-order valence-corrected chi connectivity index (χ1v) is 5.88. The Labute approximate surface area is 101 Å². The van der Waals surface area contributed by atoms with E-state index < -0.39 is 0 Å². The molecule has 1 aliphatic rings. The maximum absolute atomic E-state index is 9.44. The van der Waals surface area contributed by atoms with Crippen LogP contribution in [0.15, 0.2) is 35.1 Å². The standard InChI is InChI=1S/C11H15NO.C3H2O/c1-13-11-3-2-9-4-6-12-7-5-10(9)8-11;4-3-1-2-3/h2-3,8,12H,4-7H2,1H3;1-2H. The molecule has 0 unspecified atom stereocenters. The third-order valence-electron chi connectivity index (χ3n) is 2.86. The molecule has 0 spiro atoms. The summed E-state index contributed by atoms with van der Waals surface area (Å²) >= 11 is 0. The van der Waals surface area contributed by atoms with E-state index in [9.17, 15) is 4.79 Å². The molecule has 0 saturated carbocycles. The average Bonchev–Trinajstić information content (AvgIpc) is 3.15. The van der Waals surface area contributed by atoms with Crippen LogP contribution in [0.2, 0.25) is 0 Å². The van der Waals surface area contributed by atoms with Gasteiger partial charge in [-0.3, -0.25) is 4.79 Å². The highest BCUT2D eigenvalue weighted by Gasteiger charge is 2.07. The highest BCUT2D eigenvalue weighted by atomic mass is 16.5. The number of nitrogens with one attached hydrogen (secondary N) is 1. The normalized spacial score (nSPS) is 14.4. The van der Waals surface area contributed by atoms with Gasteiger partial charge in [0.05, 0.1) is 7.11 Å². The molecule has 0 aliphatic carbocycles. The molecule has 2 aromatic carbocycles. The summed E-state index contributed by atoms with van der Waals surface area (Å²) in [7, 11) is 1.72. The maximum atomic E-state index is 9.44. The summed E-state index contributed by atoms with van der Waals surface area (Å²) in [5, 5.41) is 3.39. The second-order valence-electron chi connectivity index (χ2n) is 4.12. The van der Waals surface area contributed by atoms with Gasteiger partial charge in [-0.2, -0.15) is 0 Å². The van der Waals surface area contributed by atoms with Crippen molar-refractivity contribution in [3.05, 3.63) is 51.7 Å². The summed E-state index contributed by atoms with van der Waals surface area (Å²) in [6.07, 6.45) is 2.26. The van der Waals surface area contributed by atoms with Crippen LogP contribution in [-0.2, 0) is 12.8 Å². The van der Waals surface area contributed by atoms with Crippen molar-refractivity contribution in [2.45, 2.75) is 12.8 Å². The third kappa shape index (κ3) is 3.71. The Hall–Kier alpha value is -1.61. The molecule has 0 bridgehead atoms. The molecule has 1 N–H and O–H groups in total. The molecule has 0 fully saturated rings. The molecule has 90 valence electrons. The molecule has 0 saturated heterocycles. The molecule has 0 atom stereocenters. The molecule has 3 heteroatoms. The highest BCUT2D eigenvalue weighted by Crippen LogP contribution is 2.19. The number of rotatable bonds is 1. The van der Waals surface area contributed by atoms with E-state index in [1.165, 1.54) is 23.3 Å². The first-order chi connectivity index (χ1) is 8.29. The second-order valence-corrected chi connectivity index (χ2v) is 4.12. The van der Waals surface area contributed by atoms with Crippen molar-refractivity contribution in [3.63, 3.8) is 0 Å². The van der Waals surface area contributed by atoms with Crippen molar-refractivity contribution in [1.29, 1.82) is 0 Å². The molecular formula is C14H17NO2. The lowest BCUT2D eigenvalue weighted by atomic mass is 10.0. The van der Waals surface area contributed by atoms with Crippen LogP contribution in [0.25, 0.3) is 0 Å². The molecule has 2 aromatic rings. The Morgan fingerprint density at radius 2 is 1.71 bits per heavy atom. The minimum atomic E-state index is 0.167. The van der Waals surface area contributed by atoms with Crippen LogP contribution in [0.3, 0.4) is 0 Å². The third-order valence-corrected chi connectivity index (χ3v) is 2.86. The Morgan fingerprint density at radius 3 is 2.29 bits per heavy atom. The van der Waals surface area contributed by atoms with Gasteiger partial charge >= 0.3 is 0 Å². The lowest BCUT2D eigenvalue weighted by Gasteiger charge is -2.06. The molecule has 0 amide bonds. The van der Waals surface area contributed by atoms with E-state index in [-0.39, 0.29) is 5.43 Å². The van der Waals surface area contributed by atoms with Crippen LogP contribution in [0.1, 0.15) is 11.1 Å². The molecule has 0 radical (unpaired) electrons. The second kappa shape index (κ2) is 5.64. The van der Waals surface area contributed by atoms with Gasteiger partial charge in [0.25, 0.3) is 0 Å². The van der Waals surface area contributed by atoms with Gasteiger partial charge in [0.1, 0.15) is 5.75 Å². The summed E-state index contributed by atoms with van der Waals surface area (Å²) in [6.45, 7) is 2.18. The summed E-state index contributed by atoms with van der Waals surface area (Å²) in [6, 6.07) is 9.44. The van der Waals surface area contributed by atoms with Crippen LogP contribution in [0.5, 0.6) is 5.75 Å². The van der Waals surface area contributed by atoms with Gasteiger partial charge in [0, 0.05) is 0 Å². The van der Waals surface area contributed by atoms with Gasteiger partial charge in [-0.25, -0.2) is 0 Å². The number of fused-ring (bicyclic) bond motifs is 1. The molecule has 3 nitrogen and oxygen atoms in total. The zero-order chi connectivity index (χ0) is 12.1. The first-order valence-electron chi connectivity index (χ1n) is 5.88. The van der Waals surface area contributed by atoms with Crippen molar-refractivity contribution in [3.8, 4) is 5.75 Å². The van der Waals surface area contributed by atoms with Crippen molar-refractivity contribution in [1.82, 2.24) is 5.32 Å². The average molecular weight is 231 g/mol. The summed E-state index contributed by atoms with van der Waals surface area (Å²) < 4.78 is 5.20. The maximum Gasteiger partial charge on any atom is 0.178 e. The van der Waals surface area contributed by atoms with Gasteiger partial charge in [-0.1, -0.05) is 6.07 Å². The quantitative estimate of drug-likeness (QED) is 0.804. The van der Waals surface area contributed by atoms with Crippen LogP contribution < -0.4 is 15.5 Å². The van der Waals surface area contributed by atoms with Crippen molar-refractivity contribution in [2.24, 2.45) is 0 Å². The van der Waals surface area contributed by atoms with E-state index in [4.69, 9.17) is 4.74 Å². The summed E-state index contributed by atoms with van der Waals surface area (Å²) in [5.74, 6) is 0.973. The van der Waals surface area contributed by atoms with Gasteiger partial charge in [0.15, 0.2) is 5.43 Å². The monoisotopic (exact) mass is 231 g/mol. The Morgan fingerprint density at radius 1 is 1.06 bits per heavy atom.